The summed E-state index contributed by atoms with van der Waals surface area (Å²) >= 11 is 1.85. The van der Waals surface area contributed by atoms with Crippen molar-refractivity contribution in [1.82, 2.24) is 9.97 Å². The highest BCUT2D eigenvalue weighted by molar-refractivity contribution is 7.99. The first-order valence-electron chi connectivity index (χ1n) is 7.31. The van der Waals surface area contributed by atoms with Crippen LogP contribution in [0, 0.1) is 6.92 Å². The van der Waals surface area contributed by atoms with E-state index in [2.05, 4.69) is 23.0 Å². The van der Waals surface area contributed by atoms with Gasteiger partial charge in [0.1, 0.15) is 5.82 Å². The van der Waals surface area contributed by atoms with E-state index in [-0.39, 0.29) is 12.7 Å². The molecule has 0 aliphatic carbocycles. The molecular weight excluding hydrogens is 284 g/mol. The minimum absolute atomic E-state index is 0.0291. The first kappa shape index (κ1) is 14.8. The maximum absolute atomic E-state index is 9.06. The van der Waals surface area contributed by atoms with Gasteiger partial charge in [-0.15, -0.1) is 11.8 Å². The van der Waals surface area contributed by atoms with E-state index in [1.165, 1.54) is 5.56 Å². The Kier molecular flexibility index (Phi) is 4.73. The molecule has 0 amide bonds. The number of thioether (sulfide) groups is 1. The number of aliphatic hydroxyl groups excluding tert-OH is 1. The summed E-state index contributed by atoms with van der Waals surface area (Å²) in [6, 6.07) is 6.16. The molecule has 0 saturated carbocycles. The van der Waals surface area contributed by atoms with Crippen molar-refractivity contribution in [2.24, 2.45) is 0 Å². The zero-order valence-electron chi connectivity index (χ0n) is 12.2. The summed E-state index contributed by atoms with van der Waals surface area (Å²) in [5.74, 6) is 1.69. The molecule has 0 unspecified atom stereocenters. The van der Waals surface area contributed by atoms with Gasteiger partial charge in [0.2, 0.25) is 0 Å². The number of rotatable bonds is 4. The molecule has 21 heavy (non-hydrogen) atoms. The average Bonchev–Trinajstić information content (AvgIpc) is 2.54. The maximum atomic E-state index is 9.06. The third-order valence-electron chi connectivity index (χ3n) is 3.84. The SMILES string of the molecule is Cc1cccc2cnc(CS[C@H]3CC[C@@H](CO)OC3)nc12. The second-order valence-corrected chi connectivity index (χ2v) is 6.74. The average molecular weight is 304 g/mol. The number of fused-ring (bicyclic) bond motifs is 1. The van der Waals surface area contributed by atoms with Gasteiger partial charge in [0.05, 0.1) is 30.6 Å². The predicted molar refractivity (Wildman–Crippen MR) is 85.4 cm³/mol. The molecule has 1 aromatic carbocycles. The molecule has 1 saturated heterocycles. The summed E-state index contributed by atoms with van der Waals surface area (Å²) in [6.07, 6.45) is 3.96. The first-order chi connectivity index (χ1) is 10.3. The van der Waals surface area contributed by atoms with E-state index in [4.69, 9.17) is 9.84 Å². The Hall–Kier alpha value is -1.17. The molecule has 1 N–H and O–H groups in total. The molecule has 0 spiro atoms. The van der Waals surface area contributed by atoms with Crippen LogP contribution in [0.1, 0.15) is 24.2 Å². The molecule has 0 radical (unpaired) electrons. The van der Waals surface area contributed by atoms with Crippen molar-refractivity contribution in [2.75, 3.05) is 13.2 Å². The maximum Gasteiger partial charge on any atom is 0.138 e. The van der Waals surface area contributed by atoms with E-state index >= 15 is 0 Å². The fourth-order valence-electron chi connectivity index (χ4n) is 2.56. The summed E-state index contributed by atoms with van der Waals surface area (Å²) in [4.78, 5) is 9.13. The number of benzene rings is 1. The van der Waals surface area contributed by atoms with E-state index in [0.717, 1.165) is 35.3 Å². The van der Waals surface area contributed by atoms with Gasteiger partial charge in [-0.2, -0.15) is 0 Å². The molecule has 1 aromatic heterocycles. The highest BCUT2D eigenvalue weighted by Crippen LogP contribution is 2.26. The van der Waals surface area contributed by atoms with Crippen LogP contribution in [0.2, 0.25) is 0 Å². The fraction of sp³-hybridized carbons (Fsp3) is 0.500. The highest BCUT2D eigenvalue weighted by atomic mass is 32.2. The van der Waals surface area contributed by atoms with Crippen LogP contribution < -0.4 is 0 Å². The third kappa shape index (κ3) is 3.54. The van der Waals surface area contributed by atoms with Gasteiger partial charge in [-0.3, -0.25) is 0 Å². The largest absolute Gasteiger partial charge is 0.394 e. The quantitative estimate of drug-likeness (QED) is 0.941. The Morgan fingerprint density at radius 1 is 1.38 bits per heavy atom. The monoisotopic (exact) mass is 304 g/mol. The van der Waals surface area contributed by atoms with Gasteiger partial charge < -0.3 is 9.84 Å². The Bertz CT molecular complexity index is 612. The molecule has 2 atom stereocenters. The minimum atomic E-state index is 0.0291. The van der Waals surface area contributed by atoms with E-state index in [0.29, 0.717) is 11.9 Å². The molecular formula is C16H20N2O2S. The lowest BCUT2D eigenvalue weighted by molar-refractivity contribution is -0.0142. The molecule has 1 aliphatic rings. The smallest absolute Gasteiger partial charge is 0.138 e. The van der Waals surface area contributed by atoms with Crippen molar-refractivity contribution in [3.63, 3.8) is 0 Å². The normalized spacial score (nSPS) is 22.6. The predicted octanol–water partition coefficient (Wildman–Crippen LogP) is 2.71. The Morgan fingerprint density at radius 3 is 3.05 bits per heavy atom. The summed E-state index contributed by atoms with van der Waals surface area (Å²) in [6.45, 7) is 2.92. The number of nitrogens with zero attached hydrogens (tertiary/aromatic N) is 2. The Labute approximate surface area is 128 Å². The topological polar surface area (TPSA) is 55.2 Å². The van der Waals surface area contributed by atoms with Crippen LogP contribution in [-0.2, 0) is 10.5 Å². The summed E-state index contributed by atoms with van der Waals surface area (Å²) in [7, 11) is 0. The van der Waals surface area contributed by atoms with Crippen LogP contribution in [0.15, 0.2) is 24.4 Å². The van der Waals surface area contributed by atoms with Crippen molar-refractivity contribution >= 4 is 22.7 Å². The molecule has 4 nitrogen and oxygen atoms in total. The van der Waals surface area contributed by atoms with Crippen molar-refractivity contribution in [3.8, 4) is 0 Å². The standard InChI is InChI=1S/C16H20N2O2S/c1-11-3-2-4-12-7-17-15(18-16(11)12)10-21-14-6-5-13(8-19)20-9-14/h2-4,7,13-14,19H,5-6,8-10H2,1H3/t13-,14-/m0/s1. The first-order valence-corrected chi connectivity index (χ1v) is 8.36. The lowest BCUT2D eigenvalue weighted by Crippen LogP contribution is -2.30. The highest BCUT2D eigenvalue weighted by Gasteiger charge is 2.21. The number of para-hydroxylation sites is 1. The van der Waals surface area contributed by atoms with Gasteiger partial charge >= 0.3 is 0 Å². The van der Waals surface area contributed by atoms with Crippen molar-refractivity contribution in [1.29, 1.82) is 0 Å². The second kappa shape index (κ2) is 6.73. The third-order valence-corrected chi connectivity index (χ3v) is 5.11. The molecule has 1 fully saturated rings. The lowest BCUT2D eigenvalue weighted by atomic mass is 10.1. The van der Waals surface area contributed by atoms with Gasteiger partial charge in [0.15, 0.2) is 0 Å². The van der Waals surface area contributed by atoms with Crippen LogP contribution in [0.4, 0.5) is 0 Å². The van der Waals surface area contributed by atoms with Crippen molar-refractivity contribution < 1.29 is 9.84 Å². The number of aryl methyl sites for hydroxylation is 1. The molecule has 2 heterocycles. The Balaban J connectivity index is 1.62. The number of aromatic nitrogens is 2. The summed E-state index contributed by atoms with van der Waals surface area (Å²) in [5, 5.41) is 10.6. The lowest BCUT2D eigenvalue weighted by Gasteiger charge is -2.27. The van der Waals surface area contributed by atoms with Gasteiger partial charge in [-0.05, 0) is 25.3 Å². The molecule has 3 rings (SSSR count). The zero-order chi connectivity index (χ0) is 14.7. The van der Waals surface area contributed by atoms with Gasteiger partial charge in [0, 0.05) is 16.8 Å². The summed E-state index contributed by atoms with van der Waals surface area (Å²) < 4.78 is 5.61. The minimum Gasteiger partial charge on any atom is -0.394 e. The second-order valence-electron chi connectivity index (χ2n) is 5.45. The summed E-state index contributed by atoms with van der Waals surface area (Å²) in [5.41, 5.74) is 2.23. The molecule has 2 aromatic rings. The Morgan fingerprint density at radius 2 is 2.29 bits per heavy atom. The molecule has 5 heteroatoms. The van der Waals surface area contributed by atoms with Gasteiger partial charge in [-0.25, -0.2) is 9.97 Å². The molecule has 1 aliphatic heterocycles. The fourth-order valence-corrected chi connectivity index (χ4v) is 3.56. The van der Waals surface area contributed by atoms with E-state index in [1.54, 1.807) is 0 Å². The van der Waals surface area contributed by atoms with Crippen LogP contribution in [-0.4, -0.2) is 39.6 Å². The van der Waals surface area contributed by atoms with Crippen molar-refractivity contribution in [2.45, 2.75) is 36.9 Å². The molecule has 0 bridgehead atoms. The van der Waals surface area contributed by atoms with Crippen LogP contribution in [0.3, 0.4) is 0 Å². The number of hydrogen-bond acceptors (Lipinski definition) is 5. The van der Waals surface area contributed by atoms with Gasteiger partial charge in [-0.1, -0.05) is 18.2 Å². The zero-order valence-corrected chi connectivity index (χ0v) is 13.0. The van der Waals surface area contributed by atoms with Crippen molar-refractivity contribution in [3.05, 3.63) is 35.8 Å². The van der Waals surface area contributed by atoms with E-state index in [9.17, 15) is 0 Å². The van der Waals surface area contributed by atoms with Crippen LogP contribution in [0.25, 0.3) is 10.9 Å². The molecule has 112 valence electrons. The number of ether oxygens (including phenoxy) is 1. The van der Waals surface area contributed by atoms with Crippen LogP contribution in [0.5, 0.6) is 0 Å². The number of hydrogen-bond donors (Lipinski definition) is 1. The van der Waals surface area contributed by atoms with Gasteiger partial charge in [0.25, 0.3) is 0 Å². The van der Waals surface area contributed by atoms with E-state index in [1.807, 2.05) is 30.1 Å². The van der Waals surface area contributed by atoms with Crippen LogP contribution >= 0.6 is 11.8 Å². The van der Waals surface area contributed by atoms with E-state index < -0.39 is 0 Å². The number of aliphatic hydroxyl groups is 1.